The first-order valence-corrected chi connectivity index (χ1v) is 9.04. The van der Waals surface area contributed by atoms with E-state index < -0.39 is 5.09 Å². The van der Waals surface area contributed by atoms with Crippen LogP contribution < -0.4 is 9.18 Å². The molecule has 0 fully saturated rings. The van der Waals surface area contributed by atoms with Gasteiger partial charge >= 0.3 is 128 Å². The summed E-state index contributed by atoms with van der Waals surface area (Å²) in [6.07, 6.45) is 8.15. The summed E-state index contributed by atoms with van der Waals surface area (Å²) in [5, 5.41) is 13.6. The maximum absolute atomic E-state index is 8.36. The van der Waals surface area contributed by atoms with E-state index in [1.807, 2.05) is 12.4 Å². The molecule has 4 heterocycles. The van der Waals surface area contributed by atoms with Crippen LogP contribution in [0.3, 0.4) is 0 Å². The molecule has 0 saturated carbocycles. The molecule has 4 aromatic heterocycles. The second kappa shape index (κ2) is 8.48. The summed E-state index contributed by atoms with van der Waals surface area (Å²) in [4.78, 5) is 17.4. The fourth-order valence-electron chi connectivity index (χ4n) is 2.38. The van der Waals surface area contributed by atoms with Crippen LogP contribution in [0, 0.1) is 24.0 Å². The van der Waals surface area contributed by atoms with Crippen LogP contribution in [0.2, 0.25) is 0 Å². The Morgan fingerprint density at radius 1 is 1.00 bits per heavy atom. The third-order valence-electron chi connectivity index (χ3n) is 3.48. The van der Waals surface area contributed by atoms with E-state index in [1.54, 1.807) is 0 Å². The van der Waals surface area contributed by atoms with Crippen LogP contribution >= 0.6 is 0 Å². The van der Waals surface area contributed by atoms with Gasteiger partial charge in [0.25, 0.3) is 5.09 Å². The summed E-state index contributed by atoms with van der Waals surface area (Å²) < 4.78 is 6.81. The Kier molecular flexibility index (Phi) is 6.57. The summed E-state index contributed by atoms with van der Waals surface area (Å²) >= 11 is 0.170. The predicted octanol–water partition coefficient (Wildman–Crippen LogP) is 0.904. The number of pyridine rings is 2. The molecule has 0 aliphatic rings. The van der Waals surface area contributed by atoms with E-state index in [0.29, 0.717) is 0 Å². The van der Waals surface area contributed by atoms with E-state index >= 15 is 0 Å². The minimum atomic E-state index is -1.50. The summed E-state index contributed by atoms with van der Waals surface area (Å²) in [5.74, 6) is 0. The molecule has 0 atom stereocenters. The minimum absolute atomic E-state index is 0. The number of rotatable bonds is 2. The largest absolute Gasteiger partial charge is 0.328 e. The molecular weight excluding hydrogens is 497 g/mol. The molecule has 4 rings (SSSR count). The van der Waals surface area contributed by atoms with Gasteiger partial charge in [-0.15, -0.1) is 10.1 Å². The van der Waals surface area contributed by atoms with Crippen LogP contribution in [0.4, 0.5) is 0 Å². The predicted molar refractivity (Wildman–Crippen MR) is 93.7 cm³/mol. The average Bonchev–Trinajstić information content (AvgIpc) is 3.11. The Balaban J connectivity index is 0.000000444. The van der Waals surface area contributed by atoms with Gasteiger partial charge < -0.3 is 5.21 Å². The zero-order chi connectivity index (χ0) is 18.0. The van der Waals surface area contributed by atoms with Gasteiger partial charge in [-0.3, -0.25) is 0 Å². The van der Waals surface area contributed by atoms with E-state index in [-0.39, 0.29) is 37.3 Å². The molecule has 0 aliphatic carbocycles. The standard InChI is InChI=1S/C16H14N4Se.Ag.HNO3/c1-11-3-5-19-13(7-11)17-9-15(19)21-16-10-18-14-8-12(2)4-6-20(14)16;;2-1(3)4/h3-10H,1-2H3;;(H,2,3,4)/q+1;;. The van der Waals surface area contributed by atoms with E-state index in [4.69, 9.17) is 15.3 Å². The Morgan fingerprint density at radius 2 is 1.38 bits per heavy atom. The van der Waals surface area contributed by atoms with Crippen LogP contribution in [0.15, 0.2) is 49.1 Å². The van der Waals surface area contributed by atoms with Crippen molar-refractivity contribution in [2.75, 3.05) is 0 Å². The number of hydrogen-bond donors (Lipinski definition) is 1. The third kappa shape index (κ3) is 4.51. The molecule has 138 valence electrons. The molecule has 1 N–H and O–H groups in total. The fourth-order valence-corrected chi connectivity index (χ4v) is 4.33. The van der Waals surface area contributed by atoms with Crippen LogP contribution in [0.1, 0.15) is 11.1 Å². The van der Waals surface area contributed by atoms with Crippen molar-refractivity contribution in [3.8, 4) is 0 Å². The second-order valence-electron chi connectivity index (χ2n) is 5.40. The van der Waals surface area contributed by atoms with Crippen molar-refractivity contribution in [2.24, 2.45) is 0 Å². The smallest absolute Gasteiger partial charge is 0.291 e. The number of fused-ring (bicyclic) bond motifs is 2. The van der Waals surface area contributed by atoms with Gasteiger partial charge in [-0.05, 0) is 0 Å². The number of aromatic nitrogens is 4. The average molecular weight is 512 g/mol. The second-order valence-corrected chi connectivity index (χ2v) is 7.58. The van der Waals surface area contributed by atoms with Gasteiger partial charge in [-0.2, -0.15) is 0 Å². The molecule has 0 aliphatic heterocycles. The van der Waals surface area contributed by atoms with E-state index in [1.165, 1.54) is 20.3 Å². The molecule has 0 saturated heterocycles. The molecule has 0 bridgehead atoms. The third-order valence-corrected chi connectivity index (χ3v) is 5.62. The molecule has 10 heteroatoms. The summed E-state index contributed by atoms with van der Waals surface area (Å²) in [5.41, 5.74) is 4.49. The van der Waals surface area contributed by atoms with Gasteiger partial charge in [-0.25, -0.2) is 0 Å². The van der Waals surface area contributed by atoms with Crippen molar-refractivity contribution >= 4 is 35.4 Å². The van der Waals surface area contributed by atoms with Gasteiger partial charge in [0, 0.05) is 22.4 Å². The Labute approximate surface area is 170 Å². The summed E-state index contributed by atoms with van der Waals surface area (Å²) in [7, 11) is 0. The summed E-state index contributed by atoms with van der Waals surface area (Å²) in [6.45, 7) is 4.18. The molecule has 0 aromatic carbocycles. The minimum Gasteiger partial charge on any atom is -0.328 e. The first-order valence-electron chi connectivity index (χ1n) is 7.32. The monoisotopic (exact) mass is 512 g/mol. The fraction of sp³-hybridized carbons (Fsp3) is 0.125. The van der Waals surface area contributed by atoms with Crippen molar-refractivity contribution in [3.05, 3.63) is 70.3 Å². The van der Waals surface area contributed by atoms with Gasteiger partial charge in [0.2, 0.25) is 0 Å². The van der Waals surface area contributed by atoms with Crippen LogP contribution in [-0.4, -0.2) is 44.0 Å². The van der Waals surface area contributed by atoms with Gasteiger partial charge in [0.15, 0.2) is 0 Å². The first-order chi connectivity index (χ1) is 11.9. The topological polar surface area (TPSA) is 98.0 Å². The van der Waals surface area contributed by atoms with Gasteiger partial charge in [0.1, 0.15) is 0 Å². The maximum atomic E-state index is 8.36. The SMILES string of the molecule is Cc1ccn2c([Se+]c3cnc4cc(C)ccn34)cnc2c1.O=[N+]([O-])O.[Ag]. The van der Waals surface area contributed by atoms with E-state index in [9.17, 15) is 0 Å². The van der Waals surface area contributed by atoms with Crippen molar-refractivity contribution in [1.82, 2.24) is 18.8 Å². The summed E-state index contributed by atoms with van der Waals surface area (Å²) in [6, 6.07) is 8.45. The van der Waals surface area contributed by atoms with E-state index in [2.05, 4.69) is 69.3 Å². The zero-order valence-corrected chi connectivity index (χ0v) is 17.0. The zero-order valence-electron chi connectivity index (χ0n) is 13.8. The molecule has 4 aromatic rings. The first kappa shape index (κ1) is 20.2. The molecule has 0 spiro atoms. The van der Waals surface area contributed by atoms with E-state index in [0.717, 1.165) is 11.3 Å². The van der Waals surface area contributed by atoms with Crippen molar-refractivity contribution in [2.45, 2.75) is 13.8 Å². The quantitative estimate of drug-likeness (QED) is 0.245. The molecule has 2 radical (unpaired) electrons. The van der Waals surface area contributed by atoms with Gasteiger partial charge in [0.05, 0.1) is 0 Å². The molecule has 0 unspecified atom stereocenters. The number of imidazole rings is 2. The molecule has 8 nitrogen and oxygen atoms in total. The normalized spacial score (nSPS) is 10.2. The molecule has 0 amide bonds. The maximum Gasteiger partial charge on any atom is 0.291 e. The molecule has 26 heavy (non-hydrogen) atoms. The Morgan fingerprint density at radius 3 is 1.77 bits per heavy atom. The van der Waals surface area contributed by atoms with Crippen molar-refractivity contribution < 1.29 is 32.7 Å². The van der Waals surface area contributed by atoms with Crippen molar-refractivity contribution in [1.29, 1.82) is 0 Å². The van der Waals surface area contributed by atoms with Crippen molar-refractivity contribution in [3.63, 3.8) is 0 Å². The van der Waals surface area contributed by atoms with Crippen LogP contribution in [0.5, 0.6) is 0 Å². The number of nitrogens with zero attached hydrogens (tertiary/aromatic N) is 5. The Bertz CT molecular complexity index is 981. The van der Waals surface area contributed by atoms with Crippen LogP contribution in [0.25, 0.3) is 11.3 Å². The number of aryl methyl sites for hydroxylation is 2. The van der Waals surface area contributed by atoms with Gasteiger partial charge in [-0.1, -0.05) is 0 Å². The van der Waals surface area contributed by atoms with Crippen LogP contribution in [-0.2, 0) is 22.4 Å². The number of hydrogen-bond acceptors (Lipinski definition) is 4. The molecular formula is C16H15AgN5O3Se+. The Hall–Kier alpha value is -2.16.